The van der Waals surface area contributed by atoms with Crippen LogP contribution in [0.5, 0.6) is 0 Å². The number of rotatable bonds is 3. The second-order valence-corrected chi connectivity index (χ2v) is 3.79. The van der Waals surface area contributed by atoms with Gasteiger partial charge in [0.25, 0.3) is 0 Å². The van der Waals surface area contributed by atoms with Crippen molar-refractivity contribution in [2.24, 2.45) is 11.7 Å². The highest BCUT2D eigenvalue weighted by Gasteiger charge is 2.22. The Labute approximate surface area is 69.8 Å². The molecule has 1 rings (SSSR count). The second-order valence-electron chi connectivity index (χ2n) is 3.79. The summed E-state index contributed by atoms with van der Waals surface area (Å²) in [5.41, 5.74) is 5.71. The SMILES string of the molecule is CC(C)[C@@H](CN)N1CCCC1. The zero-order chi connectivity index (χ0) is 8.27. The van der Waals surface area contributed by atoms with Gasteiger partial charge >= 0.3 is 0 Å². The molecule has 1 heterocycles. The third kappa shape index (κ3) is 2.17. The summed E-state index contributed by atoms with van der Waals surface area (Å²) < 4.78 is 0. The summed E-state index contributed by atoms with van der Waals surface area (Å²) in [5.74, 6) is 0.707. The summed E-state index contributed by atoms with van der Waals surface area (Å²) in [5, 5.41) is 0. The van der Waals surface area contributed by atoms with Crippen LogP contribution in [-0.2, 0) is 0 Å². The molecule has 0 aromatic heterocycles. The number of likely N-dealkylation sites (tertiary alicyclic amines) is 1. The van der Waals surface area contributed by atoms with Gasteiger partial charge in [0, 0.05) is 12.6 Å². The first-order valence-corrected chi connectivity index (χ1v) is 4.70. The molecule has 1 aliphatic rings. The number of nitrogens with two attached hydrogens (primary N) is 1. The molecule has 0 aliphatic carbocycles. The van der Waals surface area contributed by atoms with Gasteiger partial charge < -0.3 is 5.73 Å². The average Bonchev–Trinajstić information content (AvgIpc) is 2.40. The molecular weight excluding hydrogens is 136 g/mol. The molecule has 1 saturated heterocycles. The standard InChI is InChI=1S/C9H20N2/c1-8(2)9(7-10)11-5-3-4-6-11/h8-9H,3-7,10H2,1-2H3/t9-/m1/s1. The zero-order valence-corrected chi connectivity index (χ0v) is 7.71. The van der Waals surface area contributed by atoms with E-state index in [0.717, 1.165) is 6.54 Å². The van der Waals surface area contributed by atoms with Crippen molar-refractivity contribution in [3.63, 3.8) is 0 Å². The Morgan fingerprint density at radius 2 is 1.82 bits per heavy atom. The Hall–Kier alpha value is -0.0800. The van der Waals surface area contributed by atoms with E-state index in [1.807, 2.05) is 0 Å². The van der Waals surface area contributed by atoms with Gasteiger partial charge in [0.05, 0.1) is 0 Å². The van der Waals surface area contributed by atoms with Crippen molar-refractivity contribution >= 4 is 0 Å². The maximum Gasteiger partial charge on any atom is 0.0241 e. The van der Waals surface area contributed by atoms with Gasteiger partial charge in [0.1, 0.15) is 0 Å². The van der Waals surface area contributed by atoms with Crippen LogP contribution in [0.15, 0.2) is 0 Å². The van der Waals surface area contributed by atoms with E-state index >= 15 is 0 Å². The molecule has 2 heteroatoms. The van der Waals surface area contributed by atoms with E-state index in [4.69, 9.17) is 5.73 Å². The minimum Gasteiger partial charge on any atom is -0.329 e. The lowest BCUT2D eigenvalue weighted by atomic mass is 10.0. The maximum absolute atomic E-state index is 5.71. The van der Waals surface area contributed by atoms with Crippen molar-refractivity contribution in [1.82, 2.24) is 4.90 Å². The van der Waals surface area contributed by atoms with Crippen LogP contribution >= 0.6 is 0 Å². The van der Waals surface area contributed by atoms with Crippen LogP contribution in [0.25, 0.3) is 0 Å². The monoisotopic (exact) mass is 156 g/mol. The van der Waals surface area contributed by atoms with Gasteiger partial charge in [-0.25, -0.2) is 0 Å². The summed E-state index contributed by atoms with van der Waals surface area (Å²) >= 11 is 0. The van der Waals surface area contributed by atoms with Crippen molar-refractivity contribution in [1.29, 1.82) is 0 Å². The van der Waals surface area contributed by atoms with Gasteiger partial charge in [0.2, 0.25) is 0 Å². The van der Waals surface area contributed by atoms with Crippen LogP contribution in [0.2, 0.25) is 0 Å². The van der Waals surface area contributed by atoms with Crippen molar-refractivity contribution in [2.75, 3.05) is 19.6 Å². The zero-order valence-electron chi connectivity index (χ0n) is 7.71. The molecule has 0 bridgehead atoms. The van der Waals surface area contributed by atoms with E-state index in [-0.39, 0.29) is 0 Å². The molecule has 2 N–H and O–H groups in total. The van der Waals surface area contributed by atoms with Crippen molar-refractivity contribution in [3.05, 3.63) is 0 Å². The number of hydrogen-bond donors (Lipinski definition) is 1. The summed E-state index contributed by atoms with van der Waals surface area (Å²) in [4.78, 5) is 2.53. The minimum atomic E-state index is 0.623. The van der Waals surface area contributed by atoms with Crippen LogP contribution in [-0.4, -0.2) is 30.6 Å². The summed E-state index contributed by atoms with van der Waals surface area (Å²) in [6, 6.07) is 0.623. The fourth-order valence-electron chi connectivity index (χ4n) is 1.92. The largest absolute Gasteiger partial charge is 0.329 e. The third-order valence-corrected chi connectivity index (χ3v) is 2.62. The Morgan fingerprint density at radius 3 is 2.18 bits per heavy atom. The van der Waals surface area contributed by atoms with Gasteiger partial charge in [-0.1, -0.05) is 13.8 Å². The average molecular weight is 156 g/mol. The summed E-state index contributed by atoms with van der Waals surface area (Å²) in [7, 11) is 0. The van der Waals surface area contributed by atoms with E-state index < -0.39 is 0 Å². The summed E-state index contributed by atoms with van der Waals surface area (Å²) in [6.45, 7) is 7.86. The van der Waals surface area contributed by atoms with E-state index in [1.165, 1.54) is 25.9 Å². The molecule has 11 heavy (non-hydrogen) atoms. The lowest BCUT2D eigenvalue weighted by molar-refractivity contribution is 0.197. The third-order valence-electron chi connectivity index (χ3n) is 2.62. The molecule has 0 aromatic rings. The highest BCUT2D eigenvalue weighted by Crippen LogP contribution is 2.16. The smallest absolute Gasteiger partial charge is 0.0241 e. The second kappa shape index (κ2) is 4.07. The topological polar surface area (TPSA) is 29.3 Å². The first-order valence-electron chi connectivity index (χ1n) is 4.70. The molecular formula is C9H20N2. The van der Waals surface area contributed by atoms with Crippen LogP contribution < -0.4 is 5.73 Å². The highest BCUT2D eigenvalue weighted by atomic mass is 15.2. The van der Waals surface area contributed by atoms with Gasteiger partial charge in [-0.15, -0.1) is 0 Å². The van der Waals surface area contributed by atoms with E-state index in [0.29, 0.717) is 12.0 Å². The number of hydrogen-bond acceptors (Lipinski definition) is 2. The predicted octanol–water partition coefficient (Wildman–Crippen LogP) is 1.07. The molecule has 1 fully saturated rings. The van der Waals surface area contributed by atoms with Crippen molar-refractivity contribution in [3.8, 4) is 0 Å². The Balaban J connectivity index is 2.40. The van der Waals surface area contributed by atoms with Gasteiger partial charge in [-0.2, -0.15) is 0 Å². The predicted molar refractivity (Wildman–Crippen MR) is 48.5 cm³/mol. The molecule has 0 saturated carbocycles. The number of nitrogens with zero attached hydrogens (tertiary/aromatic N) is 1. The molecule has 1 atom stereocenters. The molecule has 0 radical (unpaired) electrons. The van der Waals surface area contributed by atoms with Crippen molar-refractivity contribution < 1.29 is 0 Å². The Bertz CT molecular complexity index is 106. The molecule has 0 aromatic carbocycles. The van der Waals surface area contributed by atoms with Crippen LogP contribution in [0.1, 0.15) is 26.7 Å². The molecule has 2 nitrogen and oxygen atoms in total. The van der Waals surface area contributed by atoms with E-state index in [9.17, 15) is 0 Å². The van der Waals surface area contributed by atoms with Crippen LogP contribution in [0.3, 0.4) is 0 Å². The Morgan fingerprint density at radius 1 is 1.27 bits per heavy atom. The van der Waals surface area contributed by atoms with Gasteiger partial charge in [-0.05, 0) is 31.8 Å². The fraction of sp³-hybridized carbons (Fsp3) is 1.00. The Kier molecular flexibility index (Phi) is 3.34. The highest BCUT2D eigenvalue weighted by molar-refractivity contribution is 4.79. The van der Waals surface area contributed by atoms with E-state index in [1.54, 1.807) is 0 Å². The minimum absolute atomic E-state index is 0.623. The normalized spacial score (nSPS) is 22.9. The van der Waals surface area contributed by atoms with E-state index in [2.05, 4.69) is 18.7 Å². The first kappa shape index (κ1) is 9.01. The lowest BCUT2D eigenvalue weighted by Gasteiger charge is -2.29. The molecule has 0 unspecified atom stereocenters. The molecule has 0 amide bonds. The fourth-order valence-corrected chi connectivity index (χ4v) is 1.92. The summed E-state index contributed by atoms with van der Waals surface area (Å²) in [6.07, 6.45) is 2.73. The molecule has 66 valence electrons. The van der Waals surface area contributed by atoms with Crippen LogP contribution in [0, 0.1) is 5.92 Å². The molecule has 1 aliphatic heterocycles. The maximum atomic E-state index is 5.71. The molecule has 0 spiro atoms. The van der Waals surface area contributed by atoms with Crippen molar-refractivity contribution in [2.45, 2.75) is 32.7 Å². The van der Waals surface area contributed by atoms with Gasteiger partial charge in [0.15, 0.2) is 0 Å². The lowest BCUT2D eigenvalue weighted by Crippen LogP contribution is -2.42. The van der Waals surface area contributed by atoms with Gasteiger partial charge in [-0.3, -0.25) is 4.90 Å². The first-order chi connectivity index (χ1) is 5.25. The van der Waals surface area contributed by atoms with Crippen LogP contribution in [0.4, 0.5) is 0 Å². The quantitative estimate of drug-likeness (QED) is 0.662.